The van der Waals surface area contributed by atoms with Gasteiger partial charge in [0.1, 0.15) is 6.61 Å². The van der Waals surface area contributed by atoms with E-state index in [9.17, 15) is 9.90 Å². The normalized spacial score (nSPS) is 15.7. The maximum absolute atomic E-state index is 12.9. The van der Waals surface area contributed by atoms with E-state index < -0.39 is 11.6 Å². The van der Waals surface area contributed by atoms with Gasteiger partial charge in [0, 0.05) is 12.6 Å². The molecule has 3 rings (SSSR count). The number of benzene rings is 2. The summed E-state index contributed by atoms with van der Waals surface area (Å²) in [5, 5.41) is 11.3. The second-order valence-corrected chi connectivity index (χ2v) is 7.35. The number of esters is 1. The van der Waals surface area contributed by atoms with E-state index in [4.69, 9.17) is 4.74 Å². The van der Waals surface area contributed by atoms with E-state index >= 15 is 0 Å². The number of carbonyl (C=O) groups is 1. The zero-order valence-corrected chi connectivity index (χ0v) is 16.0. The van der Waals surface area contributed by atoms with Gasteiger partial charge in [-0.3, -0.25) is 0 Å². The summed E-state index contributed by atoms with van der Waals surface area (Å²) in [4.78, 5) is 15.2. The quantitative estimate of drug-likeness (QED) is 0.758. The van der Waals surface area contributed by atoms with E-state index in [1.165, 1.54) is 32.1 Å². The lowest BCUT2D eigenvalue weighted by molar-refractivity contribution is -0.162. The Morgan fingerprint density at radius 1 is 1.00 bits per heavy atom. The first-order valence-electron chi connectivity index (χ1n) is 9.83. The molecule has 1 aliphatic carbocycles. The second kappa shape index (κ2) is 9.16. The third kappa shape index (κ3) is 4.57. The highest BCUT2D eigenvalue weighted by Gasteiger charge is 2.41. The summed E-state index contributed by atoms with van der Waals surface area (Å²) in [6.45, 7) is 0.948. The molecule has 1 fully saturated rings. The van der Waals surface area contributed by atoms with E-state index in [-0.39, 0.29) is 6.61 Å². The molecule has 2 aromatic rings. The lowest BCUT2D eigenvalue weighted by atomic mass is 9.86. The van der Waals surface area contributed by atoms with Crippen LogP contribution in [0, 0.1) is 0 Å². The van der Waals surface area contributed by atoms with E-state index in [0.717, 1.165) is 0 Å². The average molecular weight is 367 g/mol. The van der Waals surface area contributed by atoms with Crippen molar-refractivity contribution in [1.29, 1.82) is 0 Å². The van der Waals surface area contributed by atoms with Gasteiger partial charge in [0.2, 0.25) is 5.60 Å². The Morgan fingerprint density at radius 3 is 2.04 bits per heavy atom. The molecule has 0 radical (unpaired) electrons. The van der Waals surface area contributed by atoms with Crippen molar-refractivity contribution < 1.29 is 14.6 Å². The Balaban J connectivity index is 1.69. The lowest BCUT2D eigenvalue weighted by Crippen LogP contribution is -2.41. The number of ether oxygens (including phenoxy) is 1. The Morgan fingerprint density at radius 2 is 1.52 bits per heavy atom. The summed E-state index contributed by atoms with van der Waals surface area (Å²) in [7, 11) is 2.09. The molecule has 0 amide bonds. The standard InChI is InChI=1S/C23H29NO3/c1-24(21-15-9-4-10-16-21)17-18-27-22(25)23(26,19-11-5-2-6-12-19)20-13-7-3-8-14-20/h2-3,5-8,11-14,21,26H,4,9-10,15-18H2,1H3. The summed E-state index contributed by atoms with van der Waals surface area (Å²) in [6.07, 6.45) is 6.29. The zero-order chi connectivity index (χ0) is 19.1. The number of hydrogen-bond acceptors (Lipinski definition) is 4. The van der Waals surface area contributed by atoms with Crippen molar-refractivity contribution >= 4 is 5.97 Å². The topological polar surface area (TPSA) is 49.8 Å². The van der Waals surface area contributed by atoms with Gasteiger partial charge in [0.15, 0.2) is 0 Å². The molecular weight excluding hydrogens is 338 g/mol. The van der Waals surface area contributed by atoms with Gasteiger partial charge in [-0.05, 0) is 31.0 Å². The van der Waals surface area contributed by atoms with Crippen molar-refractivity contribution in [2.45, 2.75) is 43.7 Å². The molecule has 0 aromatic heterocycles. The maximum Gasteiger partial charge on any atom is 0.347 e. The van der Waals surface area contributed by atoms with Crippen LogP contribution in [0.3, 0.4) is 0 Å². The number of rotatable bonds is 7. The van der Waals surface area contributed by atoms with Crippen molar-refractivity contribution in [2.75, 3.05) is 20.2 Å². The number of hydrogen-bond donors (Lipinski definition) is 1. The molecule has 0 spiro atoms. The molecule has 4 nitrogen and oxygen atoms in total. The van der Waals surface area contributed by atoms with Crippen LogP contribution in [-0.2, 0) is 15.1 Å². The van der Waals surface area contributed by atoms with Gasteiger partial charge in [-0.25, -0.2) is 4.79 Å². The minimum atomic E-state index is -1.80. The Labute approximate surface area is 161 Å². The maximum atomic E-state index is 12.9. The minimum Gasteiger partial charge on any atom is -0.462 e. The van der Waals surface area contributed by atoms with Gasteiger partial charge in [-0.1, -0.05) is 79.9 Å². The fourth-order valence-electron chi connectivity index (χ4n) is 3.85. The molecule has 0 bridgehead atoms. The Hall–Kier alpha value is -2.17. The fourth-order valence-corrected chi connectivity index (χ4v) is 3.85. The van der Waals surface area contributed by atoms with Gasteiger partial charge < -0.3 is 14.7 Å². The summed E-state index contributed by atoms with van der Waals surface area (Å²) >= 11 is 0. The zero-order valence-electron chi connectivity index (χ0n) is 16.0. The molecular formula is C23H29NO3. The summed E-state index contributed by atoms with van der Waals surface area (Å²) in [6, 6.07) is 18.6. The van der Waals surface area contributed by atoms with Gasteiger partial charge in [-0.2, -0.15) is 0 Å². The highest BCUT2D eigenvalue weighted by Crippen LogP contribution is 2.31. The molecule has 0 unspecified atom stereocenters. The van der Waals surface area contributed by atoms with E-state index in [2.05, 4.69) is 11.9 Å². The van der Waals surface area contributed by atoms with Gasteiger partial charge in [0.05, 0.1) is 0 Å². The average Bonchev–Trinajstić information content (AvgIpc) is 2.74. The highest BCUT2D eigenvalue weighted by atomic mass is 16.5. The molecule has 1 aliphatic rings. The molecule has 27 heavy (non-hydrogen) atoms. The smallest absolute Gasteiger partial charge is 0.347 e. The molecule has 0 saturated heterocycles. The number of likely N-dealkylation sites (N-methyl/N-ethyl adjacent to an activating group) is 1. The first-order chi connectivity index (χ1) is 13.1. The van der Waals surface area contributed by atoms with Crippen molar-refractivity contribution in [3.63, 3.8) is 0 Å². The third-order valence-electron chi connectivity index (χ3n) is 5.55. The van der Waals surface area contributed by atoms with Crippen molar-refractivity contribution in [3.05, 3.63) is 71.8 Å². The minimum absolute atomic E-state index is 0.272. The van der Waals surface area contributed by atoms with E-state index in [1.807, 2.05) is 36.4 Å². The Bertz CT molecular complexity index is 671. The van der Waals surface area contributed by atoms with Gasteiger partial charge in [-0.15, -0.1) is 0 Å². The molecule has 0 atom stereocenters. The first kappa shape index (κ1) is 19.6. The van der Waals surface area contributed by atoms with Crippen LogP contribution in [0.1, 0.15) is 43.2 Å². The molecule has 144 valence electrons. The van der Waals surface area contributed by atoms with E-state index in [1.54, 1.807) is 24.3 Å². The van der Waals surface area contributed by atoms with Crippen LogP contribution in [-0.4, -0.2) is 42.2 Å². The predicted octanol–water partition coefficient (Wildman–Crippen LogP) is 3.73. The summed E-state index contributed by atoms with van der Waals surface area (Å²) in [5.74, 6) is -0.628. The Kier molecular flexibility index (Phi) is 6.64. The molecule has 0 aliphatic heterocycles. The van der Waals surface area contributed by atoms with Crippen LogP contribution in [0.2, 0.25) is 0 Å². The first-order valence-corrected chi connectivity index (χ1v) is 9.83. The monoisotopic (exact) mass is 367 g/mol. The van der Waals surface area contributed by atoms with Crippen molar-refractivity contribution in [1.82, 2.24) is 4.90 Å². The highest BCUT2D eigenvalue weighted by molar-refractivity contribution is 5.85. The molecule has 4 heteroatoms. The van der Waals surface area contributed by atoms with Crippen molar-refractivity contribution in [3.8, 4) is 0 Å². The van der Waals surface area contributed by atoms with Crippen LogP contribution >= 0.6 is 0 Å². The SMILES string of the molecule is CN(CCOC(=O)C(O)(c1ccccc1)c1ccccc1)C1CCCCC1. The van der Waals surface area contributed by atoms with Crippen molar-refractivity contribution in [2.24, 2.45) is 0 Å². The molecule has 2 aromatic carbocycles. The molecule has 1 saturated carbocycles. The molecule has 0 heterocycles. The number of nitrogens with zero attached hydrogens (tertiary/aromatic N) is 1. The largest absolute Gasteiger partial charge is 0.462 e. The van der Waals surface area contributed by atoms with Crippen LogP contribution in [0.4, 0.5) is 0 Å². The second-order valence-electron chi connectivity index (χ2n) is 7.35. The van der Waals surface area contributed by atoms with Gasteiger partial charge >= 0.3 is 5.97 Å². The van der Waals surface area contributed by atoms with Gasteiger partial charge in [0.25, 0.3) is 0 Å². The summed E-state index contributed by atoms with van der Waals surface area (Å²) in [5.41, 5.74) is -0.768. The molecule has 1 N–H and O–H groups in total. The van der Waals surface area contributed by atoms with Crippen LogP contribution < -0.4 is 0 Å². The van der Waals surface area contributed by atoms with E-state index in [0.29, 0.717) is 23.7 Å². The number of carbonyl (C=O) groups excluding carboxylic acids is 1. The predicted molar refractivity (Wildman–Crippen MR) is 106 cm³/mol. The lowest BCUT2D eigenvalue weighted by Gasteiger charge is -2.31. The van der Waals surface area contributed by atoms with Crippen LogP contribution in [0.25, 0.3) is 0 Å². The van der Waals surface area contributed by atoms with Crippen LogP contribution in [0.5, 0.6) is 0 Å². The van der Waals surface area contributed by atoms with Crippen LogP contribution in [0.15, 0.2) is 60.7 Å². The summed E-state index contributed by atoms with van der Waals surface area (Å²) < 4.78 is 5.55. The third-order valence-corrected chi connectivity index (χ3v) is 5.55. The fraction of sp³-hybridized carbons (Fsp3) is 0.435. The number of aliphatic hydroxyl groups is 1.